The van der Waals surface area contributed by atoms with Gasteiger partial charge in [-0.2, -0.15) is 0 Å². The molecule has 0 saturated carbocycles. The summed E-state index contributed by atoms with van der Waals surface area (Å²) in [5.41, 5.74) is 9.66. The van der Waals surface area contributed by atoms with Crippen LogP contribution in [0.15, 0.2) is 34.3 Å². The molecule has 1 aliphatic rings. The van der Waals surface area contributed by atoms with E-state index >= 15 is 0 Å². The number of aliphatic imine (C=N–C) groups is 1. The third kappa shape index (κ3) is 4.28. The van der Waals surface area contributed by atoms with Crippen LogP contribution in [-0.2, 0) is 12.8 Å². The van der Waals surface area contributed by atoms with E-state index in [9.17, 15) is 0 Å². The number of halogens is 2. The normalized spacial score (nSPS) is 13.7. The zero-order valence-electron chi connectivity index (χ0n) is 10.1. The summed E-state index contributed by atoms with van der Waals surface area (Å²) in [7, 11) is 0. The molecular formula is C13H17BrIN3. The minimum Gasteiger partial charge on any atom is -0.370 e. The molecule has 3 nitrogen and oxygen atoms in total. The number of benzene rings is 1. The molecular weight excluding hydrogens is 405 g/mol. The molecule has 0 amide bonds. The first-order valence-electron chi connectivity index (χ1n) is 5.67. The quantitative estimate of drug-likeness (QED) is 0.446. The van der Waals surface area contributed by atoms with Crippen molar-refractivity contribution in [3.8, 4) is 0 Å². The molecule has 1 aromatic carbocycles. The van der Waals surface area contributed by atoms with E-state index < -0.39 is 0 Å². The Morgan fingerprint density at radius 2 is 2.11 bits per heavy atom. The fraction of sp³-hybridized carbons (Fsp3) is 0.308. The van der Waals surface area contributed by atoms with E-state index in [2.05, 4.69) is 51.0 Å². The van der Waals surface area contributed by atoms with Crippen molar-refractivity contribution in [1.29, 1.82) is 0 Å². The molecule has 18 heavy (non-hydrogen) atoms. The predicted octanol–water partition coefficient (Wildman–Crippen LogP) is 3.43. The first kappa shape index (κ1) is 15.5. The molecule has 3 N–H and O–H groups in total. The van der Waals surface area contributed by atoms with Gasteiger partial charge in [-0.3, -0.25) is 0 Å². The zero-order chi connectivity index (χ0) is 12.3. The van der Waals surface area contributed by atoms with Crippen LogP contribution >= 0.6 is 39.9 Å². The van der Waals surface area contributed by atoms with Crippen molar-refractivity contribution in [2.24, 2.45) is 10.7 Å². The van der Waals surface area contributed by atoms with Crippen molar-refractivity contribution in [3.05, 3.63) is 40.4 Å². The molecule has 0 fully saturated rings. The van der Waals surface area contributed by atoms with Crippen LogP contribution in [0.1, 0.15) is 17.5 Å². The highest BCUT2D eigenvalue weighted by Gasteiger charge is 2.10. The number of hydrogen-bond donors (Lipinski definition) is 2. The Bertz CT molecular complexity index is 471. The SMILES string of the molecule is C=C(Br)CN=C(N)Nc1ccc2c(c1)CCC2.I. The van der Waals surface area contributed by atoms with Crippen LogP contribution < -0.4 is 11.1 Å². The van der Waals surface area contributed by atoms with E-state index in [1.54, 1.807) is 0 Å². The number of hydrogen-bond acceptors (Lipinski definition) is 1. The fourth-order valence-electron chi connectivity index (χ4n) is 2.01. The third-order valence-electron chi connectivity index (χ3n) is 2.79. The third-order valence-corrected chi connectivity index (χ3v) is 3.04. The maximum absolute atomic E-state index is 5.78. The molecule has 2 rings (SSSR count). The van der Waals surface area contributed by atoms with Gasteiger partial charge in [0.05, 0.1) is 6.54 Å². The highest BCUT2D eigenvalue weighted by atomic mass is 127. The van der Waals surface area contributed by atoms with Crippen molar-refractivity contribution >= 4 is 51.6 Å². The number of nitrogens with one attached hydrogen (secondary N) is 1. The summed E-state index contributed by atoms with van der Waals surface area (Å²) in [6.45, 7) is 4.20. The number of rotatable bonds is 3. The summed E-state index contributed by atoms with van der Waals surface area (Å²) in [4.78, 5) is 4.15. The Balaban J connectivity index is 0.00000162. The Labute approximate surface area is 133 Å². The van der Waals surface area contributed by atoms with Gasteiger partial charge in [-0.05, 0) is 42.5 Å². The van der Waals surface area contributed by atoms with Crippen LogP contribution in [0.25, 0.3) is 0 Å². The summed E-state index contributed by atoms with van der Waals surface area (Å²) in [6.07, 6.45) is 3.62. The van der Waals surface area contributed by atoms with Gasteiger partial charge in [-0.25, -0.2) is 4.99 Å². The van der Waals surface area contributed by atoms with E-state index in [1.807, 2.05) is 0 Å². The van der Waals surface area contributed by atoms with Crippen molar-refractivity contribution in [2.45, 2.75) is 19.3 Å². The number of nitrogens with two attached hydrogens (primary N) is 1. The standard InChI is InChI=1S/C13H16BrN3.HI/c1-9(14)8-16-13(15)17-12-6-5-10-3-2-4-11(10)7-12;/h5-7H,1-4,8H2,(H3,15,16,17);1H. The average molecular weight is 422 g/mol. The van der Waals surface area contributed by atoms with Gasteiger partial charge in [0.2, 0.25) is 0 Å². The lowest BCUT2D eigenvalue weighted by Gasteiger charge is -2.07. The van der Waals surface area contributed by atoms with E-state index in [-0.39, 0.29) is 24.0 Å². The minimum absolute atomic E-state index is 0. The van der Waals surface area contributed by atoms with E-state index in [1.165, 1.54) is 30.4 Å². The molecule has 0 saturated heterocycles. The number of guanidine groups is 1. The van der Waals surface area contributed by atoms with Gasteiger partial charge in [-0.15, -0.1) is 24.0 Å². The Morgan fingerprint density at radius 3 is 2.83 bits per heavy atom. The monoisotopic (exact) mass is 421 g/mol. The summed E-state index contributed by atoms with van der Waals surface area (Å²) < 4.78 is 0.816. The smallest absolute Gasteiger partial charge is 0.193 e. The highest BCUT2D eigenvalue weighted by Crippen LogP contribution is 2.24. The van der Waals surface area contributed by atoms with Crippen LogP contribution in [0.4, 0.5) is 5.69 Å². The molecule has 0 aromatic heterocycles. The highest BCUT2D eigenvalue weighted by molar-refractivity contribution is 14.0. The first-order valence-corrected chi connectivity index (χ1v) is 6.46. The van der Waals surface area contributed by atoms with Gasteiger partial charge in [0.25, 0.3) is 0 Å². The molecule has 0 heterocycles. The summed E-state index contributed by atoms with van der Waals surface area (Å²) in [6, 6.07) is 6.38. The minimum atomic E-state index is 0. The average Bonchev–Trinajstić information content (AvgIpc) is 2.73. The van der Waals surface area contributed by atoms with Crippen molar-refractivity contribution in [3.63, 3.8) is 0 Å². The molecule has 1 aromatic rings. The number of nitrogens with zero attached hydrogens (tertiary/aromatic N) is 1. The summed E-state index contributed by atoms with van der Waals surface area (Å²) in [5, 5.41) is 3.09. The second kappa shape index (κ2) is 7.13. The van der Waals surface area contributed by atoms with Gasteiger partial charge >= 0.3 is 0 Å². The topological polar surface area (TPSA) is 50.4 Å². The number of anilines is 1. The molecule has 5 heteroatoms. The van der Waals surface area contributed by atoms with Gasteiger partial charge in [0.1, 0.15) is 0 Å². The molecule has 98 valence electrons. The maximum Gasteiger partial charge on any atom is 0.193 e. The lowest BCUT2D eigenvalue weighted by atomic mass is 10.1. The van der Waals surface area contributed by atoms with Crippen LogP contribution in [0.5, 0.6) is 0 Å². The first-order chi connectivity index (χ1) is 8.15. The molecule has 0 unspecified atom stereocenters. The fourth-order valence-corrected chi connectivity index (χ4v) is 2.13. The number of fused-ring (bicyclic) bond motifs is 1. The van der Waals surface area contributed by atoms with Crippen molar-refractivity contribution in [1.82, 2.24) is 0 Å². The van der Waals surface area contributed by atoms with Crippen molar-refractivity contribution in [2.75, 3.05) is 11.9 Å². The molecule has 0 radical (unpaired) electrons. The van der Waals surface area contributed by atoms with E-state index in [4.69, 9.17) is 5.73 Å². The van der Waals surface area contributed by atoms with Gasteiger partial charge in [-0.1, -0.05) is 28.6 Å². The summed E-state index contributed by atoms with van der Waals surface area (Å²) >= 11 is 3.24. The van der Waals surface area contributed by atoms with Crippen LogP contribution in [0, 0.1) is 0 Å². The predicted molar refractivity (Wildman–Crippen MR) is 92.1 cm³/mol. The Kier molecular flexibility index (Phi) is 6.14. The lowest BCUT2D eigenvalue weighted by Crippen LogP contribution is -2.22. The zero-order valence-corrected chi connectivity index (χ0v) is 14.0. The molecule has 1 aliphatic carbocycles. The van der Waals surface area contributed by atoms with Crippen LogP contribution in [0.3, 0.4) is 0 Å². The summed E-state index contributed by atoms with van der Waals surface area (Å²) in [5.74, 6) is 0.420. The van der Waals surface area contributed by atoms with Gasteiger partial charge in [0, 0.05) is 10.2 Å². The van der Waals surface area contributed by atoms with Gasteiger partial charge in [0.15, 0.2) is 5.96 Å². The molecule has 0 bridgehead atoms. The van der Waals surface area contributed by atoms with E-state index in [0.717, 1.165) is 10.2 Å². The van der Waals surface area contributed by atoms with Crippen LogP contribution in [-0.4, -0.2) is 12.5 Å². The largest absolute Gasteiger partial charge is 0.370 e. The lowest BCUT2D eigenvalue weighted by molar-refractivity contribution is 0.912. The number of aryl methyl sites for hydroxylation is 2. The van der Waals surface area contributed by atoms with Gasteiger partial charge < -0.3 is 11.1 Å². The Hall–Kier alpha value is -0.560. The molecule has 0 atom stereocenters. The molecule has 0 aliphatic heterocycles. The van der Waals surface area contributed by atoms with Crippen LogP contribution in [0.2, 0.25) is 0 Å². The molecule has 0 spiro atoms. The second-order valence-corrected chi connectivity index (χ2v) is 5.30. The van der Waals surface area contributed by atoms with E-state index in [0.29, 0.717) is 12.5 Å². The maximum atomic E-state index is 5.78. The Morgan fingerprint density at radius 1 is 1.39 bits per heavy atom. The van der Waals surface area contributed by atoms with Crippen molar-refractivity contribution < 1.29 is 0 Å². The second-order valence-electron chi connectivity index (χ2n) is 4.18.